The number of rotatable bonds is 10. The maximum absolute atomic E-state index is 13.1. The Morgan fingerprint density at radius 2 is 1.83 bits per heavy atom. The first kappa shape index (κ1) is 32.9. The Morgan fingerprint density at radius 1 is 1.04 bits per heavy atom. The number of anilines is 3. The number of unbranched alkanes of at least 4 members (excludes halogenated alkanes) is 1. The lowest BCUT2D eigenvalue weighted by Crippen LogP contribution is -2.36. The molecule has 0 radical (unpaired) electrons. The normalized spacial score (nSPS) is 14.4. The lowest BCUT2D eigenvalue weighted by Gasteiger charge is -2.20. The number of nitrogens with one attached hydrogen (secondary N) is 3. The van der Waals surface area contributed by atoms with Crippen molar-refractivity contribution in [3.63, 3.8) is 0 Å². The molecule has 1 saturated heterocycles. The molecule has 4 amide bonds. The molecule has 242 valence electrons. The second kappa shape index (κ2) is 14.7. The van der Waals surface area contributed by atoms with E-state index in [-0.39, 0.29) is 33.3 Å². The summed E-state index contributed by atoms with van der Waals surface area (Å²) in [6.07, 6.45) is 5.13. The Labute approximate surface area is 277 Å². The number of pyridine rings is 1. The molecule has 4 aromatic rings. The quantitative estimate of drug-likeness (QED) is 0.140. The molecular formula is C32H36Cl2N8O4. The fraction of sp³-hybridized carbons (Fsp3) is 0.312. The number of aromatic hydroxyl groups is 1. The number of nitrogens with zero attached hydrogens (tertiary/aromatic N) is 5. The second-order valence-corrected chi connectivity index (χ2v) is 11.9. The maximum Gasteiger partial charge on any atom is 0.324 e. The van der Waals surface area contributed by atoms with Gasteiger partial charge in [-0.3, -0.25) is 10.6 Å². The third-order valence-corrected chi connectivity index (χ3v) is 8.42. The van der Waals surface area contributed by atoms with Gasteiger partial charge in [0.15, 0.2) is 0 Å². The Morgan fingerprint density at radius 3 is 2.54 bits per heavy atom. The van der Waals surface area contributed by atoms with Crippen LogP contribution in [0.2, 0.25) is 10.0 Å². The number of phenolic OH excluding ortho intramolecular Hbond substituents is 1. The average Bonchev–Trinajstić information content (AvgIpc) is 3.69. The highest BCUT2D eigenvalue weighted by atomic mass is 35.5. The third-order valence-electron chi connectivity index (χ3n) is 7.55. The highest BCUT2D eigenvalue weighted by Gasteiger charge is 2.27. The van der Waals surface area contributed by atoms with Gasteiger partial charge in [0.2, 0.25) is 0 Å². The summed E-state index contributed by atoms with van der Waals surface area (Å²) in [5, 5.41) is 22.9. The van der Waals surface area contributed by atoms with Crippen LogP contribution in [0.15, 0.2) is 60.8 Å². The molecule has 46 heavy (non-hydrogen) atoms. The number of benzene rings is 2. The summed E-state index contributed by atoms with van der Waals surface area (Å²) < 4.78 is 7.57. The van der Waals surface area contributed by atoms with E-state index in [1.165, 1.54) is 6.20 Å². The summed E-state index contributed by atoms with van der Waals surface area (Å²) in [6, 6.07) is 14.2. The number of likely N-dealkylation sites (tertiary alicyclic amines) is 1. The standard InChI is InChI=1S/C32H36Cl2N8O4/c1-4-5-6-20-17-28(42(39-20)21-7-9-23(43)10-8-21)38-31(44)36-25-11-12-26(30(34)29(25)33)46-24-13-15-35-27(18-24)37-32(45)41-16-14-22(19-41)40(2)3/h7-13,15,17-18,22,43H,4-6,14,16,19H2,1-3H3,(H,35,37,45)(H2,36,38,44)/t22-/m0/s1. The lowest BCUT2D eigenvalue weighted by atomic mass is 10.2. The molecule has 0 saturated carbocycles. The molecule has 0 spiro atoms. The van der Waals surface area contributed by atoms with Gasteiger partial charge >= 0.3 is 12.1 Å². The topological polar surface area (TPSA) is 137 Å². The Kier molecular flexibility index (Phi) is 10.5. The summed E-state index contributed by atoms with van der Waals surface area (Å²) in [5.74, 6) is 1.54. The monoisotopic (exact) mass is 666 g/mol. The van der Waals surface area contributed by atoms with Crippen molar-refractivity contribution in [3.05, 3.63) is 76.5 Å². The maximum atomic E-state index is 13.1. The van der Waals surface area contributed by atoms with E-state index in [0.717, 1.165) is 31.4 Å². The van der Waals surface area contributed by atoms with Crippen LogP contribution in [-0.4, -0.2) is 75.0 Å². The number of hydrogen-bond acceptors (Lipinski definition) is 7. The summed E-state index contributed by atoms with van der Waals surface area (Å²) in [5.41, 5.74) is 1.76. The molecule has 4 N–H and O–H groups in total. The molecule has 2 aromatic heterocycles. The van der Waals surface area contributed by atoms with Crippen LogP contribution in [0, 0.1) is 0 Å². The second-order valence-electron chi connectivity index (χ2n) is 11.1. The number of urea groups is 2. The molecule has 0 bridgehead atoms. The van der Waals surface area contributed by atoms with Crippen LogP contribution >= 0.6 is 23.2 Å². The molecule has 1 aliphatic rings. The first-order valence-electron chi connectivity index (χ1n) is 14.9. The molecule has 0 unspecified atom stereocenters. The van der Waals surface area contributed by atoms with Crippen molar-refractivity contribution < 1.29 is 19.4 Å². The van der Waals surface area contributed by atoms with E-state index in [1.807, 2.05) is 20.2 Å². The van der Waals surface area contributed by atoms with Gasteiger partial charge in [0, 0.05) is 37.5 Å². The molecule has 2 aromatic carbocycles. The van der Waals surface area contributed by atoms with Crippen molar-refractivity contribution >= 4 is 52.6 Å². The van der Waals surface area contributed by atoms with Crippen molar-refractivity contribution in [2.75, 3.05) is 43.1 Å². The molecule has 1 fully saturated rings. The molecule has 5 rings (SSSR count). The number of hydrogen-bond donors (Lipinski definition) is 4. The van der Waals surface area contributed by atoms with Gasteiger partial charge in [-0.25, -0.2) is 19.3 Å². The number of aromatic nitrogens is 3. The minimum atomic E-state index is -0.557. The molecule has 3 heterocycles. The molecule has 12 nitrogen and oxygen atoms in total. The lowest BCUT2D eigenvalue weighted by molar-refractivity contribution is 0.216. The first-order valence-corrected chi connectivity index (χ1v) is 15.7. The van der Waals surface area contributed by atoms with Crippen LogP contribution in [0.25, 0.3) is 5.69 Å². The van der Waals surface area contributed by atoms with E-state index in [4.69, 9.17) is 27.9 Å². The van der Waals surface area contributed by atoms with Gasteiger partial charge in [-0.2, -0.15) is 5.10 Å². The predicted molar refractivity (Wildman–Crippen MR) is 180 cm³/mol. The summed E-state index contributed by atoms with van der Waals surface area (Å²) >= 11 is 13.1. The van der Waals surface area contributed by atoms with E-state index in [2.05, 4.69) is 37.9 Å². The van der Waals surface area contributed by atoms with Crippen molar-refractivity contribution in [2.24, 2.45) is 0 Å². The predicted octanol–water partition coefficient (Wildman–Crippen LogP) is 7.23. The van der Waals surface area contributed by atoms with Crippen LogP contribution in [0.1, 0.15) is 31.9 Å². The largest absolute Gasteiger partial charge is 0.508 e. The van der Waals surface area contributed by atoms with Gasteiger partial charge in [0.05, 0.1) is 22.1 Å². The Hall–Kier alpha value is -4.52. The van der Waals surface area contributed by atoms with Gasteiger partial charge in [-0.15, -0.1) is 0 Å². The zero-order chi connectivity index (χ0) is 32.8. The van der Waals surface area contributed by atoms with Gasteiger partial charge in [0.1, 0.15) is 33.9 Å². The van der Waals surface area contributed by atoms with Crippen LogP contribution in [0.5, 0.6) is 17.2 Å². The van der Waals surface area contributed by atoms with Crippen molar-refractivity contribution in [1.29, 1.82) is 0 Å². The Balaban J connectivity index is 1.24. The van der Waals surface area contributed by atoms with E-state index < -0.39 is 6.03 Å². The summed E-state index contributed by atoms with van der Waals surface area (Å²) in [6.45, 7) is 3.40. The number of aryl methyl sites for hydroxylation is 1. The van der Waals surface area contributed by atoms with Gasteiger partial charge in [0.25, 0.3) is 0 Å². The molecule has 1 aliphatic heterocycles. The number of likely N-dealkylation sites (N-methyl/N-ethyl adjacent to an activating group) is 1. The third kappa shape index (κ3) is 8.00. The number of carbonyl (C=O) groups excluding carboxylic acids is 2. The number of ether oxygens (including phenoxy) is 1. The summed E-state index contributed by atoms with van der Waals surface area (Å²) in [7, 11) is 4.01. The van der Waals surface area contributed by atoms with Gasteiger partial charge in [-0.1, -0.05) is 36.5 Å². The molecular weight excluding hydrogens is 631 g/mol. The number of phenols is 1. The zero-order valence-electron chi connectivity index (χ0n) is 25.8. The highest BCUT2D eigenvalue weighted by Crippen LogP contribution is 2.40. The van der Waals surface area contributed by atoms with E-state index in [1.54, 1.807) is 58.1 Å². The smallest absolute Gasteiger partial charge is 0.324 e. The highest BCUT2D eigenvalue weighted by molar-refractivity contribution is 6.45. The Bertz CT molecular complexity index is 1700. The number of halogens is 2. The van der Waals surface area contributed by atoms with E-state index in [9.17, 15) is 14.7 Å². The van der Waals surface area contributed by atoms with Crippen LogP contribution in [-0.2, 0) is 6.42 Å². The van der Waals surface area contributed by atoms with Crippen LogP contribution < -0.4 is 20.7 Å². The fourth-order valence-corrected chi connectivity index (χ4v) is 5.38. The summed E-state index contributed by atoms with van der Waals surface area (Å²) in [4.78, 5) is 33.9. The van der Waals surface area contributed by atoms with Crippen molar-refractivity contribution in [1.82, 2.24) is 24.6 Å². The van der Waals surface area contributed by atoms with E-state index >= 15 is 0 Å². The van der Waals surface area contributed by atoms with E-state index in [0.29, 0.717) is 42.2 Å². The van der Waals surface area contributed by atoms with Crippen LogP contribution in [0.4, 0.5) is 26.9 Å². The molecule has 1 atom stereocenters. The average molecular weight is 668 g/mol. The minimum Gasteiger partial charge on any atom is -0.508 e. The minimum absolute atomic E-state index is 0.0806. The molecule has 0 aliphatic carbocycles. The zero-order valence-corrected chi connectivity index (χ0v) is 27.3. The van der Waals surface area contributed by atoms with Crippen molar-refractivity contribution in [3.8, 4) is 22.9 Å². The van der Waals surface area contributed by atoms with Gasteiger partial charge < -0.3 is 25.0 Å². The van der Waals surface area contributed by atoms with Gasteiger partial charge in [-0.05, 0) is 75.8 Å². The first-order chi connectivity index (χ1) is 22.1. The van der Waals surface area contributed by atoms with Crippen molar-refractivity contribution in [2.45, 2.75) is 38.6 Å². The fourth-order valence-electron chi connectivity index (χ4n) is 4.97. The van der Waals surface area contributed by atoms with Crippen LogP contribution in [0.3, 0.4) is 0 Å². The molecule has 14 heteroatoms. The number of carbonyl (C=O) groups is 2. The number of amides is 4. The SMILES string of the molecule is CCCCc1cc(NC(=O)Nc2ccc(Oc3ccnc(NC(=O)N4CC[C@H](N(C)C)C4)c3)c(Cl)c2Cl)n(-c2ccc(O)cc2)n1.